The summed E-state index contributed by atoms with van der Waals surface area (Å²) in [6.07, 6.45) is 2.91. The molecule has 106 valence electrons. The predicted octanol–water partition coefficient (Wildman–Crippen LogP) is 3.07. The summed E-state index contributed by atoms with van der Waals surface area (Å²) >= 11 is 5.76. The number of nitriles is 1. The molecule has 1 aromatic heterocycles. The first kappa shape index (κ1) is 14.7. The topological polar surface area (TPSA) is 78.1 Å². The summed E-state index contributed by atoms with van der Waals surface area (Å²) < 4.78 is 5.13. The van der Waals surface area contributed by atoms with E-state index in [1.807, 2.05) is 6.07 Å². The lowest BCUT2D eigenvalue weighted by atomic mass is 10.2. The summed E-state index contributed by atoms with van der Waals surface area (Å²) in [6, 6.07) is 12.0. The molecule has 0 radical (unpaired) electrons. The zero-order valence-electron chi connectivity index (χ0n) is 11.0. The maximum Gasteiger partial charge on any atom is 0.267 e. The molecule has 1 aromatic carbocycles. The van der Waals surface area contributed by atoms with Gasteiger partial charge in [-0.25, -0.2) is 0 Å². The van der Waals surface area contributed by atoms with Crippen molar-refractivity contribution in [3.05, 3.63) is 65.2 Å². The monoisotopic (exact) mass is 301 g/mol. The number of halogens is 1. The van der Waals surface area contributed by atoms with E-state index < -0.39 is 5.91 Å². The lowest BCUT2D eigenvalue weighted by Gasteiger charge is -2.04. The van der Waals surface area contributed by atoms with Crippen molar-refractivity contribution in [2.75, 3.05) is 5.32 Å². The minimum atomic E-state index is -0.494. The highest BCUT2D eigenvalue weighted by Gasteiger charge is 2.09. The Bertz CT molecular complexity index is 670. The molecule has 0 fully saturated rings. The number of benzene rings is 1. The molecule has 0 bridgehead atoms. The van der Waals surface area contributed by atoms with E-state index in [9.17, 15) is 4.79 Å². The molecule has 2 rings (SSSR count). The van der Waals surface area contributed by atoms with Crippen LogP contribution in [0.3, 0.4) is 0 Å². The van der Waals surface area contributed by atoms with Gasteiger partial charge in [0, 0.05) is 16.9 Å². The van der Waals surface area contributed by atoms with Gasteiger partial charge in [0.05, 0.1) is 12.8 Å². The SMILES string of the molecule is N#C/C(=C/NCc1ccco1)C(=O)Nc1ccc(Cl)cc1. The second kappa shape index (κ2) is 7.17. The molecule has 0 aliphatic heterocycles. The minimum absolute atomic E-state index is 0.0310. The van der Waals surface area contributed by atoms with Crippen molar-refractivity contribution in [3.8, 4) is 6.07 Å². The normalized spacial score (nSPS) is 10.8. The first-order chi connectivity index (χ1) is 10.2. The molecule has 0 aliphatic rings. The first-order valence-electron chi connectivity index (χ1n) is 6.12. The number of hydrogen-bond acceptors (Lipinski definition) is 4. The molecule has 1 heterocycles. The van der Waals surface area contributed by atoms with Crippen molar-refractivity contribution in [1.29, 1.82) is 5.26 Å². The highest BCUT2D eigenvalue weighted by Crippen LogP contribution is 2.14. The fraction of sp³-hybridized carbons (Fsp3) is 0.0667. The number of anilines is 1. The van der Waals surface area contributed by atoms with Crippen LogP contribution in [0.1, 0.15) is 5.76 Å². The van der Waals surface area contributed by atoms with Crippen molar-refractivity contribution < 1.29 is 9.21 Å². The largest absolute Gasteiger partial charge is 0.467 e. The van der Waals surface area contributed by atoms with E-state index in [1.54, 1.807) is 42.7 Å². The van der Waals surface area contributed by atoms with Crippen molar-refractivity contribution in [1.82, 2.24) is 5.32 Å². The van der Waals surface area contributed by atoms with Crippen LogP contribution in [-0.2, 0) is 11.3 Å². The Morgan fingerprint density at radius 2 is 2.10 bits per heavy atom. The van der Waals surface area contributed by atoms with E-state index in [4.69, 9.17) is 21.3 Å². The van der Waals surface area contributed by atoms with E-state index in [0.29, 0.717) is 23.0 Å². The van der Waals surface area contributed by atoms with Crippen LogP contribution >= 0.6 is 11.6 Å². The summed E-state index contributed by atoms with van der Waals surface area (Å²) in [6.45, 7) is 0.395. The number of nitrogens with one attached hydrogen (secondary N) is 2. The van der Waals surface area contributed by atoms with Gasteiger partial charge in [-0.05, 0) is 36.4 Å². The first-order valence-corrected chi connectivity index (χ1v) is 6.50. The molecule has 21 heavy (non-hydrogen) atoms. The van der Waals surface area contributed by atoms with Crippen LogP contribution < -0.4 is 10.6 Å². The average molecular weight is 302 g/mol. The van der Waals surface area contributed by atoms with Gasteiger partial charge in [-0.1, -0.05) is 11.6 Å². The van der Waals surface area contributed by atoms with E-state index in [1.165, 1.54) is 6.20 Å². The van der Waals surface area contributed by atoms with Gasteiger partial charge in [0.25, 0.3) is 5.91 Å². The van der Waals surface area contributed by atoms with Crippen LogP contribution in [0.2, 0.25) is 5.02 Å². The zero-order valence-corrected chi connectivity index (χ0v) is 11.7. The summed E-state index contributed by atoms with van der Waals surface area (Å²) in [4.78, 5) is 11.9. The summed E-state index contributed by atoms with van der Waals surface area (Å²) in [5.74, 6) is 0.216. The van der Waals surface area contributed by atoms with Gasteiger partial charge >= 0.3 is 0 Å². The number of furan rings is 1. The van der Waals surface area contributed by atoms with Gasteiger partial charge in [-0.3, -0.25) is 4.79 Å². The lowest BCUT2D eigenvalue weighted by molar-refractivity contribution is -0.112. The third-order valence-electron chi connectivity index (χ3n) is 2.57. The maximum atomic E-state index is 11.9. The Morgan fingerprint density at radius 1 is 1.33 bits per heavy atom. The van der Waals surface area contributed by atoms with Crippen molar-refractivity contribution in [2.45, 2.75) is 6.54 Å². The van der Waals surface area contributed by atoms with E-state index >= 15 is 0 Å². The fourth-order valence-corrected chi connectivity index (χ4v) is 1.67. The van der Waals surface area contributed by atoms with E-state index in [-0.39, 0.29) is 5.57 Å². The molecular formula is C15H12ClN3O2. The highest BCUT2D eigenvalue weighted by atomic mass is 35.5. The number of carbonyl (C=O) groups excluding carboxylic acids is 1. The van der Waals surface area contributed by atoms with Gasteiger partial charge in [0.1, 0.15) is 17.4 Å². The van der Waals surface area contributed by atoms with Gasteiger partial charge in [-0.15, -0.1) is 0 Å². The molecule has 6 heteroatoms. The van der Waals surface area contributed by atoms with Gasteiger partial charge in [0.15, 0.2) is 0 Å². The molecule has 0 saturated carbocycles. The molecule has 2 aromatic rings. The number of nitrogens with zero attached hydrogens (tertiary/aromatic N) is 1. The second-order valence-corrected chi connectivity index (χ2v) is 4.53. The molecule has 2 N–H and O–H groups in total. The third-order valence-corrected chi connectivity index (χ3v) is 2.82. The highest BCUT2D eigenvalue weighted by molar-refractivity contribution is 6.30. The quantitative estimate of drug-likeness (QED) is 0.657. The number of rotatable bonds is 5. The Labute approximate surface area is 126 Å². The van der Waals surface area contributed by atoms with Crippen LogP contribution in [-0.4, -0.2) is 5.91 Å². The molecule has 1 amide bonds. The molecule has 0 spiro atoms. The van der Waals surface area contributed by atoms with Gasteiger partial charge in [0.2, 0.25) is 0 Å². The minimum Gasteiger partial charge on any atom is -0.467 e. The lowest BCUT2D eigenvalue weighted by Crippen LogP contribution is -2.16. The standard InChI is InChI=1S/C15H12ClN3O2/c16-12-3-5-13(6-4-12)19-15(20)11(8-17)9-18-10-14-2-1-7-21-14/h1-7,9,18H,10H2,(H,19,20)/b11-9-. The zero-order chi connectivity index (χ0) is 15.1. The average Bonchev–Trinajstić information content (AvgIpc) is 2.99. The summed E-state index contributed by atoms with van der Waals surface area (Å²) in [5, 5.41) is 15.1. The Kier molecular flexibility index (Phi) is 5.02. The second-order valence-electron chi connectivity index (χ2n) is 4.09. The fourth-order valence-electron chi connectivity index (χ4n) is 1.55. The number of amides is 1. The van der Waals surface area contributed by atoms with Crippen LogP contribution in [0.4, 0.5) is 5.69 Å². The smallest absolute Gasteiger partial charge is 0.267 e. The van der Waals surface area contributed by atoms with E-state index in [0.717, 1.165) is 0 Å². The third kappa shape index (κ3) is 4.41. The van der Waals surface area contributed by atoms with Crippen molar-refractivity contribution >= 4 is 23.2 Å². The molecule has 0 atom stereocenters. The Hall–Kier alpha value is -2.71. The predicted molar refractivity (Wildman–Crippen MR) is 79.3 cm³/mol. The molecular weight excluding hydrogens is 290 g/mol. The Morgan fingerprint density at radius 3 is 2.71 bits per heavy atom. The Balaban J connectivity index is 1.94. The van der Waals surface area contributed by atoms with Crippen molar-refractivity contribution in [2.24, 2.45) is 0 Å². The summed E-state index contributed by atoms with van der Waals surface area (Å²) in [5.41, 5.74) is 0.535. The molecule has 0 unspecified atom stereocenters. The van der Waals surface area contributed by atoms with Gasteiger partial charge < -0.3 is 15.1 Å². The van der Waals surface area contributed by atoms with Crippen LogP contribution in [0.15, 0.2) is 58.9 Å². The number of hydrogen-bond donors (Lipinski definition) is 2. The van der Waals surface area contributed by atoms with Gasteiger partial charge in [-0.2, -0.15) is 5.26 Å². The summed E-state index contributed by atoms with van der Waals surface area (Å²) in [7, 11) is 0. The maximum absolute atomic E-state index is 11.9. The van der Waals surface area contributed by atoms with Crippen molar-refractivity contribution in [3.63, 3.8) is 0 Å². The van der Waals surface area contributed by atoms with Crippen LogP contribution in [0.5, 0.6) is 0 Å². The van der Waals surface area contributed by atoms with E-state index in [2.05, 4.69) is 10.6 Å². The number of carbonyl (C=O) groups is 1. The van der Waals surface area contributed by atoms with Crippen LogP contribution in [0.25, 0.3) is 0 Å². The van der Waals surface area contributed by atoms with Crippen LogP contribution in [0, 0.1) is 11.3 Å². The molecule has 0 aliphatic carbocycles. The molecule has 5 nitrogen and oxygen atoms in total. The molecule has 0 saturated heterocycles.